The number of aliphatic hydroxyl groups excluding tert-OH is 1. The Morgan fingerprint density at radius 3 is 2.20 bits per heavy atom. The molecule has 0 atom stereocenters. The third-order valence-electron chi connectivity index (χ3n) is 0.800. The third-order valence-corrected chi connectivity index (χ3v) is 2.40. The van der Waals surface area contributed by atoms with Gasteiger partial charge in [0, 0.05) is 6.04 Å². The molecule has 0 rings (SSSR count). The van der Waals surface area contributed by atoms with E-state index in [-0.39, 0.29) is 18.4 Å². The van der Waals surface area contributed by atoms with Crippen LogP contribution in [0.1, 0.15) is 13.8 Å². The van der Waals surface area contributed by atoms with E-state index in [4.69, 9.17) is 14.2 Å². The molecule has 10 heavy (non-hydrogen) atoms. The third kappa shape index (κ3) is 5.01. The summed E-state index contributed by atoms with van der Waals surface area (Å²) in [7, 11) is -2.73. The van der Waals surface area contributed by atoms with Crippen molar-refractivity contribution in [2.75, 3.05) is 12.4 Å². The van der Waals surface area contributed by atoms with Crippen LogP contribution in [-0.4, -0.2) is 32.6 Å². The summed E-state index contributed by atoms with van der Waals surface area (Å²) in [6.07, 6.45) is 0. The van der Waals surface area contributed by atoms with E-state index in [1.54, 1.807) is 0 Å². The summed E-state index contributed by atoms with van der Waals surface area (Å²) in [5, 5.41) is 8.38. The van der Waals surface area contributed by atoms with Gasteiger partial charge in [-0.1, -0.05) is 0 Å². The Kier molecular flexibility index (Phi) is 4.23. The highest BCUT2D eigenvalue weighted by Crippen LogP contribution is 2.32. The van der Waals surface area contributed by atoms with Gasteiger partial charge in [-0.05, 0) is 13.8 Å². The summed E-state index contributed by atoms with van der Waals surface area (Å²) >= 11 is 0. The van der Waals surface area contributed by atoms with Crippen molar-refractivity contribution in [1.29, 1.82) is 0 Å². The number of aliphatic hydroxyl groups is 1. The Bertz CT molecular complexity index is 96.9. The molecule has 0 heterocycles. The largest absolute Gasteiger partial charge is 0.395 e. The highest BCUT2D eigenvalue weighted by Gasteiger charge is 2.10. The van der Waals surface area contributed by atoms with Gasteiger partial charge < -0.3 is 5.11 Å². The van der Waals surface area contributed by atoms with Crippen LogP contribution in [0.15, 0.2) is 0 Å². The van der Waals surface area contributed by atoms with Gasteiger partial charge in [0.25, 0.3) is 0 Å². The van der Waals surface area contributed by atoms with E-state index < -0.39 is 10.8 Å². The summed E-state index contributed by atoms with van der Waals surface area (Å²) in [6.45, 7) is 3.42. The first-order chi connectivity index (χ1) is 4.48. The van der Waals surface area contributed by atoms with Gasteiger partial charge in [-0.2, -0.15) is 0 Å². The number of hydrogen-bond acceptors (Lipinski definition) is 4. The Morgan fingerprint density at radius 1 is 1.40 bits per heavy atom. The van der Waals surface area contributed by atoms with Crippen LogP contribution in [0.3, 0.4) is 0 Å². The maximum Gasteiger partial charge on any atom is 0.0759 e. The summed E-state index contributed by atoms with van der Waals surface area (Å²) in [4.78, 5) is 0. The van der Waals surface area contributed by atoms with Crippen molar-refractivity contribution >= 4 is 10.8 Å². The fourth-order valence-electron chi connectivity index (χ4n) is 0.564. The van der Waals surface area contributed by atoms with Crippen LogP contribution in [0.4, 0.5) is 0 Å². The number of rotatable bonds is 4. The van der Waals surface area contributed by atoms with Gasteiger partial charge in [0.1, 0.15) is 0 Å². The second-order valence-corrected chi connectivity index (χ2v) is 4.34. The maximum absolute atomic E-state index is 9.05. The van der Waals surface area contributed by atoms with Gasteiger partial charge in [-0.15, -0.1) is 10.8 Å². The van der Waals surface area contributed by atoms with Crippen LogP contribution in [0.25, 0.3) is 0 Å². The average Bonchev–Trinajstić information content (AvgIpc) is 1.59. The van der Waals surface area contributed by atoms with E-state index in [1.807, 2.05) is 13.8 Å². The summed E-state index contributed by atoms with van der Waals surface area (Å²) in [6, 6.07) is 0.0246. The first-order valence-corrected chi connectivity index (χ1v) is 4.83. The van der Waals surface area contributed by atoms with Crippen molar-refractivity contribution in [2.24, 2.45) is 0 Å². The Balaban J connectivity index is 3.63. The molecular weight excluding hydrogens is 154 g/mol. The van der Waals surface area contributed by atoms with Gasteiger partial charge in [-0.25, -0.2) is 4.72 Å². The van der Waals surface area contributed by atoms with Crippen molar-refractivity contribution in [3.05, 3.63) is 0 Å². The summed E-state index contributed by atoms with van der Waals surface area (Å²) in [5.74, 6) is 0.00514. The van der Waals surface area contributed by atoms with E-state index in [1.165, 1.54) is 0 Å². The van der Waals surface area contributed by atoms with Crippen LogP contribution in [0.2, 0.25) is 0 Å². The standard InChI is InChI=1S/C5H15NO3S/c1-5(2)6-10(8,9)4-3-7/h5-9H,3-4H2,1-2H3. The topological polar surface area (TPSA) is 72.7 Å². The molecule has 0 saturated heterocycles. The van der Waals surface area contributed by atoms with E-state index in [0.717, 1.165) is 0 Å². The zero-order chi connectivity index (χ0) is 8.20. The number of hydrogen-bond donors (Lipinski definition) is 4. The Morgan fingerprint density at radius 2 is 1.90 bits per heavy atom. The van der Waals surface area contributed by atoms with Crippen molar-refractivity contribution in [1.82, 2.24) is 4.72 Å². The predicted octanol–water partition coefficient (Wildman–Crippen LogP) is 0.642. The first-order valence-electron chi connectivity index (χ1n) is 3.12. The lowest BCUT2D eigenvalue weighted by Gasteiger charge is -2.34. The molecular formula is C5H15NO3S. The molecule has 4 N–H and O–H groups in total. The van der Waals surface area contributed by atoms with Gasteiger partial charge >= 0.3 is 0 Å². The minimum Gasteiger partial charge on any atom is -0.395 e. The second-order valence-electron chi connectivity index (χ2n) is 2.37. The van der Waals surface area contributed by atoms with Crippen LogP contribution >= 0.6 is 10.8 Å². The molecule has 0 fully saturated rings. The van der Waals surface area contributed by atoms with Crippen LogP contribution in [0.5, 0.6) is 0 Å². The molecule has 0 spiro atoms. The average molecular weight is 169 g/mol. The van der Waals surface area contributed by atoms with E-state index in [0.29, 0.717) is 0 Å². The minimum atomic E-state index is -2.73. The van der Waals surface area contributed by atoms with E-state index in [9.17, 15) is 0 Å². The van der Waals surface area contributed by atoms with Crippen LogP contribution in [0, 0.1) is 0 Å². The van der Waals surface area contributed by atoms with Gasteiger partial charge in [0.15, 0.2) is 0 Å². The Hall–Kier alpha value is 0.190. The smallest absolute Gasteiger partial charge is 0.0759 e. The van der Waals surface area contributed by atoms with Gasteiger partial charge in [-0.3, -0.25) is 9.11 Å². The van der Waals surface area contributed by atoms with Crippen molar-refractivity contribution in [3.8, 4) is 0 Å². The molecule has 0 aliphatic rings. The summed E-state index contributed by atoms with van der Waals surface area (Å²) < 4.78 is 20.7. The van der Waals surface area contributed by atoms with Crippen LogP contribution in [-0.2, 0) is 0 Å². The molecule has 64 valence electrons. The van der Waals surface area contributed by atoms with Gasteiger partial charge in [0.05, 0.1) is 12.4 Å². The lowest BCUT2D eigenvalue weighted by Crippen LogP contribution is -2.29. The van der Waals surface area contributed by atoms with Crippen LogP contribution < -0.4 is 4.72 Å². The fourth-order valence-corrected chi connectivity index (χ4v) is 1.69. The molecule has 5 heteroatoms. The molecule has 0 radical (unpaired) electrons. The fraction of sp³-hybridized carbons (Fsp3) is 1.00. The minimum absolute atomic E-state index is 0.00514. The van der Waals surface area contributed by atoms with Crippen molar-refractivity contribution in [3.63, 3.8) is 0 Å². The normalized spacial score (nSPS) is 14.2. The SMILES string of the molecule is CC(C)NS(O)(O)CCO. The summed E-state index contributed by atoms with van der Waals surface area (Å²) in [5.41, 5.74) is 0. The maximum atomic E-state index is 9.05. The molecule has 0 aliphatic heterocycles. The van der Waals surface area contributed by atoms with Crippen molar-refractivity contribution in [2.45, 2.75) is 19.9 Å². The van der Waals surface area contributed by atoms with E-state index in [2.05, 4.69) is 4.72 Å². The molecule has 0 saturated carbocycles. The zero-order valence-corrected chi connectivity index (χ0v) is 7.06. The molecule has 0 unspecified atom stereocenters. The zero-order valence-electron chi connectivity index (χ0n) is 6.24. The first kappa shape index (κ1) is 10.2. The lowest BCUT2D eigenvalue weighted by atomic mass is 10.4. The molecule has 0 amide bonds. The molecule has 0 aromatic rings. The van der Waals surface area contributed by atoms with Gasteiger partial charge in [0.2, 0.25) is 0 Å². The predicted molar refractivity (Wildman–Crippen MR) is 43.1 cm³/mol. The molecule has 0 aromatic heterocycles. The molecule has 0 aliphatic carbocycles. The Labute approximate surface area is 62.7 Å². The monoisotopic (exact) mass is 169 g/mol. The highest BCUT2D eigenvalue weighted by molar-refractivity contribution is 8.22. The van der Waals surface area contributed by atoms with Crippen molar-refractivity contribution < 1.29 is 14.2 Å². The highest BCUT2D eigenvalue weighted by atomic mass is 32.3. The van der Waals surface area contributed by atoms with E-state index >= 15 is 0 Å². The lowest BCUT2D eigenvalue weighted by molar-refractivity contribution is 0.313. The molecule has 0 bridgehead atoms. The number of nitrogens with one attached hydrogen (secondary N) is 1. The quantitative estimate of drug-likeness (QED) is 0.498. The molecule has 0 aromatic carbocycles. The second kappa shape index (κ2) is 4.15. The molecule has 4 nitrogen and oxygen atoms in total.